The van der Waals surface area contributed by atoms with Crippen LogP contribution >= 0.6 is 0 Å². The maximum absolute atomic E-state index is 13.1. The molecule has 2 saturated heterocycles. The van der Waals surface area contributed by atoms with E-state index in [1.165, 1.54) is 30.7 Å². The third kappa shape index (κ3) is 3.60. The van der Waals surface area contributed by atoms with Gasteiger partial charge in [0.15, 0.2) is 0 Å². The molecular formula is C21H28FN5. The lowest BCUT2D eigenvalue weighted by Gasteiger charge is -2.48. The minimum absolute atomic E-state index is 0.162. The van der Waals surface area contributed by atoms with Crippen molar-refractivity contribution in [2.24, 2.45) is 0 Å². The van der Waals surface area contributed by atoms with Crippen LogP contribution in [0.4, 0.5) is 10.1 Å². The van der Waals surface area contributed by atoms with Gasteiger partial charge < -0.3 is 4.90 Å². The summed E-state index contributed by atoms with van der Waals surface area (Å²) in [5.74, 6) is -0.162. The molecule has 0 aliphatic carbocycles. The summed E-state index contributed by atoms with van der Waals surface area (Å²) in [6.07, 6.45) is 3.76. The molecule has 3 aliphatic rings. The second kappa shape index (κ2) is 7.24. The minimum atomic E-state index is -0.162. The molecule has 1 aromatic carbocycles. The van der Waals surface area contributed by atoms with Crippen LogP contribution in [0, 0.1) is 5.82 Å². The first kappa shape index (κ1) is 17.2. The number of fused-ring (bicyclic) bond motifs is 1. The minimum Gasteiger partial charge on any atom is -0.369 e. The lowest BCUT2D eigenvalue weighted by molar-refractivity contribution is 0.0248. The Bertz CT molecular complexity index is 749. The number of rotatable bonds is 4. The van der Waals surface area contributed by atoms with Gasteiger partial charge in [0.25, 0.3) is 0 Å². The topological polar surface area (TPSA) is 27.5 Å². The number of anilines is 1. The summed E-state index contributed by atoms with van der Waals surface area (Å²) in [6, 6.07) is 9.88. The van der Waals surface area contributed by atoms with Crippen molar-refractivity contribution in [3.63, 3.8) is 0 Å². The summed E-state index contributed by atoms with van der Waals surface area (Å²) in [6.45, 7) is 8.62. The third-order valence-electron chi connectivity index (χ3n) is 6.31. The van der Waals surface area contributed by atoms with Crippen molar-refractivity contribution < 1.29 is 4.39 Å². The SMILES string of the molecule is Fc1ccc(N2CCN(C3CN(Cc4cc5n(n4)CCCC5)C3)CC2)cc1. The number of nitrogens with zero attached hydrogens (tertiary/aromatic N) is 5. The summed E-state index contributed by atoms with van der Waals surface area (Å²) >= 11 is 0. The number of hydrogen-bond acceptors (Lipinski definition) is 4. The molecule has 27 heavy (non-hydrogen) atoms. The number of halogens is 1. The van der Waals surface area contributed by atoms with Crippen LogP contribution in [0.3, 0.4) is 0 Å². The summed E-state index contributed by atoms with van der Waals surface area (Å²) in [5.41, 5.74) is 3.80. The molecule has 5 rings (SSSR count). The van der Waals surface area contributed by atoms with Crippen LogP contribution in [-0.4, -0.2) is 64.9 Å². The maximum Gasteiger partial charge on any atom is 0.123 e. The summed E-state index contributed by atoms with van der Waals surface area (Å²) in [7, 11) is 0. The van der Waals surface area contributed by atoms with Crippen LogP contribution in [-0.2, 0) is 19.5 Å². The fraction of sp³-hybridized carbons (Fsp3) is 0.571. The monoisotopic (exact) mass is 369 g/mol. The van der Waals surface area contributed by atoms with Gasteiger partial charge in [-0.25, -0.2) is 4.39 Å². The molecule has 0 atom stereocenters. The van der Waals surface area contributed by atoms with Gasteiger partial charge in [-0.3, -0.25) is 14.5 Å². The van der Waals surface area contributed by atoms with Crippen LogP contribution in [0.1, 0.15) is 24.2 Å². The number of aryl methyl sites for hydroxylation is 2. The standard InChI is InChI=1S/C21H28FN5/c22-17-4-6-19(7-5-17)25-9-11-26(12-10-25)21-15-24(16-21)14-18-13-20-3-1-2-8-27(20)23-18/h4-7,13,21H,1-3,8-12,14-16H2. The molecule has 6 heteroatoms. The number of benzene rings is 1. The van der Waals surface area contributed by atoms with Crippen LogP contribution in [0.2, 0.25) is 0 Å². The van der Waals surface area contributed by atoms with Crippen molar-refractivity contribution in [3.05, 3.63) is 47.5 Å². The van der Waals surface area contributed by atoms with Crippen LogP contribution < -0.4 is 4.90 Å². The van der Waals surface area contributed by atoms with Crippen LogP contribution in [0.5, 0.6) is 0 Å². The van der Waals surface area contributed by atoms with Gasteiger partial charge in [0.05, 0.1) is 5.69 Å². The van der Waals surface area contributed by atoms with Gasteiger partial charge in [-0.1, -0.05) is 0 Å². The maximum atomic E-state index is 13.1. The molecule has 0 amide bonds. The molecule has 5 nitrogen and oxygen atoms in total. The molecule has 0 bridgehead atoms. The summed E-state index contributed by atoms with van der Waals surface area (Å²) in [4.78, 5) is 7.50. The number of hydrogen-bond donors (Lipinski definition) is 0. The predicted octanol–water partition coefficient (Wildman–Crippen LogP) is 2.36. The molecule has 0 radical (unpaired) electrons. The van der Waals surface area contributed by atoms with E-state index in [0.29, 0.717) is 6.04 Å². The molecule has 3 aliphatic heterocycles. The van der Waals surface area contributed by atoms with Crippen molar-refractivity contribution >= 4 is 5.69 Å². The highest BCUT2D eigenvalue weighted by atomic mass is 19.1. The van der Waals surface area contributed by atoms with Crippen molar-refractivity contribution in [2.45, 2.75) is 38.4 Å². The van der Waals surface area contributed by atoms with Gasteiger partial charge in [0, 0.05) is 69.8 Å². The highest BCUT2D eigenvalue weighted by molar-refractivity contribution is 5.46. The molecule has 0 N–H and O–H groups in total. The second-order valence-electron chi connectivity index (χ2n) is 8.15. The lowest BCUT2D eigenvalue weighted by atomic mass is 10.1. The predicted molar refractivity (Wildman–Crippen MR) is 104 cm³/mol. The van der Waals surface area contributed by atoms with Gasteiger partial charge in [-0.15, -0.1) is 0 Å². The van der Waals surface area contributed by atoms with E-state index in [1.54, 1.807) is 12.1 Å². The molecule has 4 heterocycles. The molecule has 2 fully saturated rings. The first-order valence-electron chi connectivity index (χ1n) is 10.3. The summed E-state index contributed by atoms with van der Waals surface area (Å²) < 4.78 is 15.3. The van der Waals surface area contributed by atoms with Gasteiger partial charge in [-0.2, -0.15) is 5.10 Å². The van der Waals surface area contributed by atoms with Gasteiger partial charge in [0.1, 0.15) is 5.82 Å². The highest BCUT2D eigenvalue weighted by Gasteiger charge is 2.33. The Hall–Kier alpha value is -1.92. The average molecular weight is 369 g/mol. The Morgan fingerprint density at radius 3 is 2.48 bits per heavy atom. The number of aromatic nitrogens is 2. The summed E-state index contributed by atoms with van der Waals surface area (Å²) in [5, 5.41) is 4.79. The van der Waals surface area contributed by atoms with Crippen molar-refractivity contribution in [1.82, 2.24) is 19.6 Å². The van der Waals surface area contributed by atoms with Gasteiger partial charge in [0.2, 0.25) is 0 Å². The van der Waals surface area contributed by atoms with E-state index in [0.717, 1.165) is 58.0 Å². The molecule has 0 saturated carbocycles. The molecule has 1 aromatic heterocycles. The Morgan fingerprint density at radius 1 is 0.963 bits per heavy atom. The highest BCUT2D eigenvalue weighted by Crippen LogP contribution is 2.23. The van der Waals surface area contributed by atoms with Crippen molar-refractivity contribution in [1.29, 1.82) is 0 Å². The van der Waals surface area contributed by atoms with E-state index in [4.69, 9.17) is 5.10 Å². The smallest absolute Gasteiger partial charge is 0.123 e. The van der Waals surface area contributed by atoms with E-state index in [1.807, 2.05) is 12.1 Å². The van der Waals surface area contributed by atoms with Gasteiger partial charge in [-0.05, 0) is 49.6 Å². The second-order valence-corrected chi connectivity index (χ2v) is 8.15. The zero-order valence-corrected chi connectivity index (χ0v) is 15.9. The third-order valence-corrected chi connectivity index (χ3v) is 6.31. The zero-order valence-electron chi connectivity index (χ0n) is 15.9. The molecular weight excluding hydrogens is 341 g/mol. The van der Waals surface area contributed by atoms with E-state index in [9.17, 15) is 4.39 Å². The molecule has 144 valence electrons. The Balaban J connectivity index is 1.09. The van der Waals surface area contributed by atoms with Crippen LogP contribution in [0.15, 0.2) is 30.3 Å². The van der Waals surface area contributed by atoms with E-state index < -0.39 is 0 Å². The number of likely N-dealkylation sites (tertiary alicyclic amines) is 1. The van der Waals surface area contributed by atoms with E-state index in [2.05, 4.69) is 25.4 Å². The Labute approximate surface area is 160 Å². The average Bonchev–Trinajstić information content (AvgIpc) is 3.08. The van der Waals surface area contributed by atoms with Crippen molar-refractivity contribution in [2.75, 3.05) is 44.2 Å². The lowest BCUT2D eigenvalue weighted by Crippen LogP contribution is -2.62. The van der Waals surface area contributed by atoms with E-state index in [-0.39, 0.29) is 5.82 Å². The first-order valence-corrected chi connectivity index (χ1v) is 10.3. The zero-order chi connectivity index (χ0) is 18.2. The molecule has 0 unspecified atom stereocenters. The largest absolute Gasteiger partial charge is 0.369 e. The van der Waals surface area contributed by atoms with Crippen molar-refractivity contribution in [3.8, 4) is 0 Å². The van der Waals surface area contributed by atoms with E-state index >= 15 is 0 Å². The fourth-order valence-corrected chi connectivity index (χ4v) is 4.68. The van der Waals surface area contributed by atoms with Gasteiger partial charge >= 0.3 is 0 Å². The van der Waals surface area contributed by atoms with Crippen LogP contribution in [0.25, 0.3) is 0 Å². The molecule has 2 aromatic rings. The fourth-order valence-electron chi connectivity index (χ4n) is 4.68. The Morgan fingerprint density at radius 2 is 1.74 bits per heavy atom. The molecule has 0 spiro atoms. The quantitative estimate of drug-likeness (QED) is 0.827. The normalized spacial score (nSPS) is 21.9. The Kier molecular flexibility index (Phi) is 4.61. The number of piperazine rings is 1. The first-order chi connectivity index (χ1) is 13.2.